The second kappa shape index (κ2) is 5.67. The van der Waals surface area contributed by atoms with Crippen LogP contribution in [0.25, 0.3) is 10.8 Å². The van der Waals surface area contributed by atoms with Crippen molar-refractivity contribution in [1.82, 2.24) is 5.32 Å². The van der Waals surface area contributed by atoms with E-state index in [4.69, 9.17) is 0 Å². The van der Waals surface area contributed by atoms with E-state index in [-0.39, 0.29) is 11.9 Å². The normalized spacial score (nSPS) is 12.3. The maximum absolute atomic E-state index is 12.1. The van der Waals surface area contributed by atoms with Crippen LogP contribution >= 0.6 is 0 Å². The van der Waals surface area contributed by atoms with Gasteiger partial charge in [-0.15, -0.1) is 0 Å². The quantitative estimate of drug-likeness (QED) is 0.867. The zero-order valence-corrected chi connectivity index (χ0v) is 10.9. The lowest BCUT2D eigenvalue weighted by molar-refractivity contribution is 0.0938. The van der Waals surface area contributed by atoms with Crippen molar-refractivity contribution in [3.05, 3.63) is 48.0 Å². The summed E-state index contributed by atoms with van der Waals surface area (Å²) in [7, 11) is 0. The van der Waals surface area contributed by atoms with Crippen LogP contribution in [0.4, 0.5) is 0 Å². The van der Waals surface area contributed by atoms with Crippen LogP contribution in [0.1, 0.15) is 37.0 Å². The monoisotopic (exact) mass is 241 g/mol. The molecule has 2 aromatic carbocycles. The Morgan fingerprint density at radius 3 is 2.61 bits per heavy atom. The lowest BCUT2D eigenvalue weighted by Crippen LogP contribution is -2.32. The van der Waals surface area contributed by atoms with E-state index in [1.807, 2.05) is 43.3 Å². The highest BCUT2D eigenvalue weighted by atomic mass is 16.1. The van der Waals surface area contributed by atoms with E-state index in [9.17, 15) is 4.79 Å². The van der Waals surface area contributed by atoms with Crippen LogP contribution in [0.3, 0.4) is 0 Å². The lowest BCUT2D eigenvalue weighted by atomic mass is 10.1. The van der Waals surface area contributed by atoms with Gasteiger partial charge in [-0.3, -0.25) is 4.79 Å². The van der Waals surface area contributed by atoms with E-state index in [1.165, 1.54) is 0 Å². The Hall–Kier alpha value is -1.83. The topological polar surface area (TPSA) is 29.1 Å². The molecular formula is C16H19NO. The Morgan fingerprint density at radius 2 is 1.89 bits per heavy atom. The SMILES string of the molecule is CCC[C@H](C)NC(=O)c1ccc2ccccc2c1. The molecule has 0 aliphatic rings. The van der Waals surface area contributed by atoms with E-state index in [2.05, 4.69) is 18.3 Å². The van der Waals surface area contributed by atoms with Crippen molar-refractivity contribution in [2.75, 3.05) is 0 Å². The first-order valence-electron chi connectivity index (χ1n) is 6.50. The molecule has 0 radical (unpaired) electrons. The Morgan fingerprint density at radius 1 is 1.17 bits per heavy atom. The van der Waals surface area contributed by atoms with Crippen LogP contribution in [0.5, 0.6) is 0 Å². The van der Waals surface area contributed by atoms with Crippen LogP contribution in [0.2, 0.25) is 0 Å². The fourth-order valence-corrected chi connectivity index (χ4v) is 2.14. The summed E-state index contributed by atoms with van der Waals surface area (Å²) in [6.07, 6.45) is 2.10. The standard InChI is InChI=1S/C16H19NO/c1-3-6-12(2)17-16(18)15-10-9-13-7-4-5-8-14(13)11-15/h4-5,7-12H,3,6H2,1-2H3,(H,17,18)/t12-/m0/s1. The number of carbonyl (C=O) groups is 1. The summed E-state index contributed by atoms with van der Waals surface area (Å²) in [4.78, 5) is 12.1. The fraction of sp³-hybridized carbons (Fsp3) is 0.312. The third kappa shape index (κ3) is 2.89. The molecule has 0 fully saturated rings. The molecule has 2 rings (SSSR count). The van der Waals surface area contributed by atoms with Crippen molar-refractivity contribution in [1.29, 1.82) is 0 Å². The minimum Gasteiger partial charge on any atom is -0.350 e. The van der Waals surface area contributed by atoms with Gasteiger partial charge in [0.25, 0.3) is 5.91 Å². The molecule has 0 aliphatic heterocycles. The largest absolute Gasteiger partial charge is 0.350 e. The molecule has 0 spiro atoms. The average molecular weight is 241 g/mol. The minimum absolute atomic E-state index is 0.0155. The first kappa shape index (κ1) is 12.6. The molecule has 2 aromatic rings. The Kier molecular flexibility index (Phi) is 3.98. The summed E-state index contributed by atoms with van der Waals surface area (Å²) < 4.78 is 0. The van der Waals surface area contributed by atoms with Gasteiger partial charge in [0.1, 0.15) is 0 Å². The lowest BCUT2D eigenvalue weighted by Gasteiger charge is -2.13. The summed E-state index contributed by atoms with van der Waals surface area (Å²) in [5.74, 6) is 0.0155. The first-order chi connectivity index (χ1) is 8.70. The van der Waals surface area contributed by atoms with Gasteiger partial charge in [-0.1, -0.05) is 43.7 Å². The number of carbonyl (C=O) groups excluding carboxylic acids is 1. The molecule has 0 aliphatic carbocycles. The van der Waals surface area contributed by atoms with Gasteiger partial charge in [0.15, 0.2) is 0 Å². The van der Waals surface area contributed by atoms with E-state index in [0.717, 1.165) is 29.2 Å². The van der Waals surface area contributed by atoms with Crippen molar-refractivity contribution >= 4 is 16.7 Å². The van der Waals surface area contributed by atoms with Gasteiger partial charge in [0, 0.05) is 11.6 Å². The third-order valence-corrected chi connectivity index (χ3v) is 3.11. The van der Waals surface area contributed by atoms with E-state index >= 15 is 0 Å². The molecule has 0 unspecified atom stereocenters. The molecule has 0 aromatic heterocycles. The summed E-state index contributed by atoms with van der Waals surface area (Å²) >= 11 is 0. The molecule has 0 saturated carbocycles. The van der Waals surface area contributed by atoms with E-state index in [1.54, 1.807) is 0 Å². The molecule has 0 heterocycles. The van der Waals surface area contributed by atoms with Crippen molar-refractivity contribution in [2.24, 2.45) is 0 Å². The maximum atomic E-state index is 12.1. The predicted molar refractivity (Wildman–Crippen MR) is 75.8 cm³/mol. The van der Waals surface area contributed by atoms with Crippen LogP contribution < -0.4 is 5.32 Å². The summed E-state index contributed by atoms with van der Waals surface area (Å²) in [5, 5.41) is 5.29. The summed E-state index contributed by atoms with van der Waals surface area (Å²) in [6.45, 7) is 4.17. The molecule has 18 heavy (non-hydrogen) atoms. The van der Waals surface area contributed by atoms with Gasteiger partial charge in [0.05, 0.1) is 0 Å². The van der Waals surface area contributed by atoms with E-state index in [0.29, 0.717) is 0 Å². The van der Waals surface area contributed by atoms with Crippen LogP contribution in [-0.4, -0.2) is 11.9 Å². The zero-order valence-electron chi connectivity index (χ0n) is 10.9. The summed E-state index contributed by atoms with van der Waals surface area (Å²) in [6, 6.07) is 14.1. The predicted octanol–water partition coefficient (Wildman–Crippen LogP) is 3.76. The molecule has 1 atom stereocenters. The third-order valence-electron chi connectivity index (χ3n) is 3.11. The van der Waals surface area contributed by atoms with Crippen molar-refractivity contribution in [2.45, 2.75) is 32.7 Å². The number of hydrogen-bond acceptors (Lipinski definition) is 1. The zero-order chi connectivity index (χ0) is 13.0. The van der Waals surface area contributed by atoms with Gasteiger partial charge in [-0.2, -0.15) is 0 Å². The summed E-state index contributed by atoms with van der Waals surface area (Å²) in [5.41, 5.74) is 0.733. The minimum atomic E-state index is 0.0155. The smallest absolute Gasteiger partial charge is 0.251 e. The van der Waals surface area contributed by atoms with Crippen LogP contribution in [-0.2, 0) is 0 Å². The Bertz CT molecular complexity index is 548. The van der Waals surface area contributed by atoms with Crippen molar-refractivity contribution in [3.8, 4) is 0 Å². The molecule has 2 nitrogen and oxygen atoms in total. The number of nitrogens with one attached hydrogen (secondary N) is 1. The number of fused-ring (bicyclic) bond motifs is 1. The highest BCUT2D eigenvalue weighted by Crippen LogP contribution is 2.15. The van der Waals surface area contributed by atoms with Gasteiger partial charge in [-0.05, 0) is 36.2 Å². The Labute approximate surface area is 108 Å². The molecule has 94 valence electrons. The molecule has 0 saturated heterocycles. The average Bonchev–Trinajstić information content (AvgIpc) is 2.38. The van der Waals surface area contributed by atoms with Crippen LogP contribution in [0, 0.1) is 0 Å². The second-order valence-electron chi connectivity index (χ2n) is 4.73. The number of amides is 1. The van der Waals surface area contributed by atoms with Gasteiger partial charge in [0.2, 0.25) is 0 Å². The molecule has 0 bridgehead atoms. The molecule has 2 heteroatoms. The van der Waals surface area contributed by atoms with Crippen molar-refractivity contribution in [3.63, 3.8) is 0 Å². The number of benzene rings is 2. The van der Waals surface area contributed by atoms with Gasteiger partial charge < -0.3 is 5.32 Å². The Balaban J connectivity index is 2.17. The van der Waals surface area contributed by atoms with Crippen molar-refractivity contribution < 1.29 is 4.79 Å². The van der Waals surface area contributed by atoms with Gasteiger partial charge >= 0.3 is 0 Å². The highest BCUT2D eigenvalue weighted by molar-refractivity contribution is 5.98. The molecule has 1 N–H and O–H groups in total. The number of hydrogen-bond donors (Lipinski definition) is 1. The fourth-order valence-electron chi connectivity index (χ4n) is 2.14. The molecular weight excluding hydrogens is 222 g/mol. The number of rotatable bonds is 4. The second-order valence-corrected chi connectivity index (χ2v) is 4.73. The van der Waals surface area contributed by atoms with E-state index < -0.39 is 0 Å². The van der Waals surface area contributed by atoms with Gasteiger partial charge in [-0.25, -0.2) is 0 Å². The molecule has 1 amide bonds. The maximum Gasteiger partial charge on any atom is 0.251 e. The highest BCUT2D eigenvalue weighted by Gasteiger charge is 2.09. The van der Waals surface area contributed by atoms with Crippen LogP contribution in [0.15, 0.2) is 42.5 Å². The first-order valence-corrected chi connectivity index (χ1v) is 6.50.